The summed E-state index contributed by atoms with van der Waals surface area (Å²) in [5.74, 6) is -0.0522. The third-order valence-corrected chi connectivity index (χ3v) is 6.02. The van der Waals surface area contributed by atoms with E-state index < -0.39 is 5.82 Å². The SMILES string of the molecule is C[C@H](C(=O)Nc1ccc(F)cc1Cl)N1CCC(c2c[nH]c3ccccc23)CC1. The lowest BCUT2D eigenvalue weighted by Gasteiger charge is -2.35. The van der Waals surface area contributed by atoms with Crippen LogP contribution in [-0.2, 0) is 4.79 Å². The fourth-order valence-electron chi connectivity index (χ4n) is 4.02. The van der Waals surface area contributed by atoms with Gasteiger partial charge >= 0.3 is 0 Å². The van der Waals surface area contributed by atoms with E-state index in [0.29, 0.717) is 11.6 Å². The van der Waals surface area contributed by atoms with Gasteiger partial charge in [-0.1, -0.05) is 29.8 Å². The van der Waals surface area contributed by atoms with Crippen LogP contribution in [0.1, 0.15) is 31.2 Å². The number of amides is 1. The predicted octanol–water partition coefficient (Wildman–Crippen LogP) is 5.17. The molecule has 146 valence electrons. The summed E-state index contributed by atoms with van der Waals surface area (Å²) in [4.78, 5) is 18.2. The number of anilines is 1. The number of aromatic amines is 1. The van der Waals surface area contributed by atoms with Crippen LogP contribution in [0.5, 0.6) is 0 Å². The van der Waals surface area contributed by atoms with E-state index in [1.165, 1.54) is 34.7 Å². The second-order valence-electron chi connectivity index (χ2n) is 7.39. The molecule has 1 saturated heterocycles. The lowest BCUT2D eigenvalue weighted by Crippen LogP contribution is -2.45. The van der Waals surface area contributed by atoms with Crippen molar-refractivity contribution in [2.45, 2.75) is 31.7 Å². The van der Waals surface area contributed by atoms with Gasteiger partial charge < -0.3 is 10.3 Å². The van der Waals surface area contributed by atoms with Gasteiger partial charge in [0.15, 0.2) is 0 Å². The van der Waals surface area contributed by atoms with Gasteiger partial charge in [-0.25, -0.2) is 4.39 Å². The Kier molecular flexibility index (Phi) is 5.38. The maximum Gasteiger partial charge on any atom is 0.241 e. The first-order valence-corrected chi connectivity index (χ1v) is 9.96. The van der Waals surface area contributed by atoms with Crippen molar-refractivity contribution in [2.75, 3.05) is 18.4 Å². The van der Waals surface area contributed by atoms with E-state index in [0.717, 1.165) is 25.9 Å². The highest BCUT2D eigenvalue weighted by Crippen LogP contribution is 2.33. The van der Waals surface area contributed by atoms with E-state index in [9.17, 15) is 9.18 Å². The van der Waals surface area contributed by atoms with Crippen molar-refractivity contribution in [1.29, 1.82) is 0 Å². The zero-order valence-electron chi connectivity index (χ0n) is 15.7. The second-order valence-corrected chi connectivity index (χ2v) is 7.80. The Hall–Kier alpha value is -2.37. The largest absolute Gasteiger partial charge is 0.361 e. The molecule has 1 fully saturated rings. The number of nitrogens with one attached hydrogen (secondary N) is 2. The summed E-state index contributed by atoms with van der Waals surface area (Å²) < 4.78 is 13.2. The van der Waals surface area contributed by atoms with Gasteiger partial charge in [0, 0.05) is 17.1 Å². The van der Waals surface area contributed by atoms with Crippen LogP contribution < -0.4 is 5.32 Å². The van der Waals surface area contributed by atoms with Crippen LogP contribution in [0.2, 0.25) is 5.02 Å². The van der Waals surface area contributed by atoms with Crippen LogP contribution >= 0.6 is 11.6 Å². The maximum absolute atomic E-state index is 13.2. The molecule has 4 rings (SSSR count). The summed E-state index contributed by atoms with van der Waals surface area (Å²) in [6.45, 7) is 3.62. The normalized spacial score (nSPS) is 17.0. The summed E-state index contributed by atoms with van der Waals surface area (Å²) in [7, 11) is 0. The van der Waals surface area contributed by atoms with Crippen LogP contribution in [0.3, 0.4) is 0 Å². The Balaban J connectivity index is 1.38. The predicted molar refractivity (Wildman–Crippen MR) is 111 cm³/mol. The van der Waals surface area contributed by atoms with Crippen LogP contribution in [0, 0.1) is 5.82 Å². The van der Waals surface area contributed by atoms with E-state index in [4.69, 9.17) is 11.6 Å². The molecular weight excluding hydrogens is 377 g/mol. The van der Waals surface area contributed by atoms with Gasteiger partial charge in [0.1, 0.15) is 5.82 Å². The maximum atomic E-state index is 13.2. The van der Waals surface area contributed by atoms with Crippen molar-refractivity contribution in [3.05, 3.63) is 65.1 Å². The van der Waals surface area contributed by atoms with Crippen molar-refractivity contribution in [2.24, 2.45) is 0 Å². The zero-order valence-corrected chi connectivity index (χ0v) is 16.5. The van der Waals surface area contributed by atoms with Crippen molar-refractivity contribution in [1.82, 2.24) is 9.88 Å². The third-order valence-electron chi connectivity index (χ3n) is 5.71. The van der Waals surface area contributed by atoms with Gasteiger partial charge in [0.05, 0.1) is 16.8 Å². The first-order valence-electron chi connectivity index (χ1n) is 9.59. The molecule has 1 aliphatic rings. The number of hydrogen-bond acceptors (Lipinski definition) is 2. The number of H-pyrrole nitrogens is 1. The Morgan fingerprint density at radius 2 is 2.00 bits per heavy atom. The lowest BCUT2D eigenvalue weighted by atomic mass is 9.88. The number of benzene rings is 2. The molecule has 0 saturated carbocycles. The first-order chi connectivity index (χ1) is 13.5. The number of hydrogen-bond donors (Lipinski definition) is 2. The highest BCUT2D eigenvalue weighted by Gasteiger charge is 2.28. The van der Waals surface area contributed by atoms with Gasteiger partial charge in [0.2, 0.25) is 5.91 Å². The fraction of sp³-hybridized carbons (Fsp3) is 0.318. The van der Waals surface area contributed by atoms with Crippen LogP contribution in [-0.4, -0.2) is 34.9 Å². The molecule has 1 amide bonds. The summed E-state index contributed by atoms with van der Waals surface area (Å²) in [5, 5.41) is 4.31. The molecule has 0 bridgehead atoms. The molecule has 0 spiro atoms. The monoisotopic (exact) mass is 399 g/mol. The van der Waals surface area contributed by atoms with Gasteiger partial charge in [0.25, 0.3) is 0 Å². The van der Waals surface area contributed by atoms with Crippen LogP contribution in [0.25, 0.3) is 10.9 Å². The number of likely N-dealkylation sites (tertiary alicyclic amines) is 1. The molecule has 1 aliphatic heterocycles. The average molecular weight is 400 g/mol. The number of halogens is 2. The number of piperidine rings is 1. The summed E-state index contributed by atoms with van der Waals surface area (Å²) >= 11 is 6.02. The smallest absolute Gasteiger partial charge is 0.241 e. The highest BCUT2D eigenvalue weighted by molar-refractivity contribution is 6.33. The third kappa shape index (κ3) is 3.77. The Morgan fingerprint density at radius 3 is 2.75 bits per heavy atom. The molecule has 0 aliphatic carbocycles. The first kappa shape index (κ1) is 19.0. The molecule has 2 aromatic carbocycles. The van der Waals surface area contributed by atoms with E-state index in [2.05, 4.69) is 39.6 Å². The Labute approximate surface area is 168 Å². The number of carbonyl (C=O) groups is 1. The topological polar surface area (TPSA) is 48.1 Å². The van der Waals surface area contributed by atoms with E-state index in [1.54, 1.807) is 0 Å². The molecule has 3 aromatic rings. The molecule has 28 heavy (non-hydrogen) atoms. The van der Waals surface area contributed by atoms with E-state index in [-0.39, 0.29) is 17.0 Å². The van der Waals surface area contributed by atoms with E-state index >= 15 is 0 Å². The average Bonchev–Trinajstić information content (AvgIpc) is 3.14. The number of fused-ring (bicyclic) bond motifs is 1. The second kappa shape index (κ2) is 7.94. The number of aromatic nitrogens is 1. The van der Waals surface area contributed by atoms with Gasteiger partial charge in [-0.2, -0.15) is 0 Å². The molecule has 4 nitrogen and oxygen atoms in total. The molecule has 0 radical (unpaired) electrons. The van der Waals surface area contributed by atoms with Crippen molar-refractivity contribution in [3.63, 3.8) is 0 Å². The van der Waals surface area contributed by atoms with Crippen molar-refractivity contribution < 1.29 is 9.18 Å². The number of nitrogens with zero attached hydrogens (tertiary/aromatic N) is 1. The van der Waals surface area contributed by atoms with Crippen LogP contribution in [0.4, 0.5) is 10.1 Å². The van der Waals surface area contributed by atoms with Crippen molar-refractivity contribution >= 4 is 34.1 Å². The summed E-state index contributed by atoms with van der Waals surface area (Å²) in [5.41, 5.74) is 2.97. The molecule has 2 heterocycles. The highest BCUT2D eigenvalue weighted by atomic mass is 35.5. The number of rotatable bonds is 4. The van der Waals surface area contributed by atoms with Gasteiger partial charge in [-0.15, -0.1) is 0 Å². The minimum atomic E-state index is -0.421. The van der Waals surface area contributed by atoms with Crippen LogP contribution in [0.15, 0.2) is 48.7 Å². The standard InChI is InChI=1S/C22H23ClFN3O/c1-14(22(28)26-21-7-6-16(24)12-19(21)23)27-10-8-15(9-11-27)18-13-25-20-5-3-2-4-17(18)20/h2-7,12-15,25H,8-11H2,1H3,(H,26,28)/t14-/m1/s1. The van der Waals surface area contributed by atoms with Crippen molar-refractivity contribution in [3.8, 4) is 0 Å². The number of para-hydroxylation sites is 1. The fourth-order valence-corrected chi connectivity index (χ4v) is 4.24. The minimum Gasteiger partial charge on any atom is -0.361 e. The van der Waals surface area contributed by atoms with E-state index in [1.807, 2.05) is 13.0 Å². The van der Waals surface area contributed by atoms with Gasteiger partial charge in [-0.3, -0.25) is 9.69 Å². The number of carbonyl (C=O) groups excluding carboxylic acids is 1. The summed E-state index contributed by atoms with van der Waals surface area (Å²) in [6.07, 6.45) is 4.14. The molecule has 0 unspecified atom stereocenters. The molecule has 1 aromatic heterocycles. The molecular formula is C22H23ClFN3O. The molecule has 1 atom stereocenters. The summed E-state index contributed by atoms with van der Waals surface area (Å²) in [6, 6.07) is 12.1. The molecule has 6 heteroatoms. The lowest BCUT2D eigenvalue weighted by molar-refractivity contribution is -0.121. The Bertz CT molecular complexity index is 994. The minimum absolute atomic E-state index is 0.126. The Morgan fingerprint density at radius 1 is 1.25 bits per heavy atom. The zero-order chi connectivity index (χ0) is 19.7. The molecule has 2 N–H and O–H groups in total. The quantitative estimate of drug-likeness (QED) is 0.636. The van der Waals surface area contributed by atoms with Gasteiger partial charge in [-0.05, 0) is 68.6 Å².